The number of carbonyl (C=O) groups excluding carboxylic acids is 3. The number of hydrogen-bond donors (Lipinski definition) is 7. The van der Waals surface area contributed by atoms with Gasteiger partial charge in [0.25, 0.3) is 0 Å². The van der Waals surface area contributed by atoms with Gasteiger partial charge in [-0.2, -0.15) is 11.8 Å². The van der Waals surface area contributed by atoms with E-state index in [0.29, 0.717) is 11.3 Å². The normalized spacial score (nSPS) is 14.2. The molecule has 0 aliphatic rings. The highest BCUT2D eigenvalue weighted by Gasteiger charge is 2.31. The molecule has 0 saturated heterocycles. The number of phenols is 1. The quantitative estimate of drug-likeness (QED) is 0.150. The zero-order valence-electron chi connectivity index (χ0n) is 21.1. The van der Waals surface area contributed by atoms with E-state index in [4.69, 9.17) is 10.8 Å². The van der Waals surface area contributed by atoms with Crippen LogP contribution in [0, 0.1) is 5.92 Å². The highest BCUT2D eigenvalue weighted by molar-refractivity contribution is 7.98. The van der Waals surface area contributed by atoms with Crippen molar-refractivity contribution in [1.29, 1.82) is 0 Å². The number of nitrogens with two attached hydrogens (primary N) is 1. The fourth-order valence-corrected chi connectivity index (χ4v) is 3.70. The van der Waals surface area contributed by atoms with Gasteiger partial charge in [-0.25, -0.2) is 4.79 Å². The van der Waals surface area contributed by atoms with Crippen molar-refractivity contribution >= 4 is 41.4 Å². The summed E-state index contributed by atoms with van der Waals surface area (Å²) in [7, 11) is 0. The van der Waals surface area contributed by atoms with Crippen LogP contribution in [0.2, 0.25) is 0 Å². The summed E-state index contributed by atoms with van der Waals surface area (Å²) in [6.07, 6.45) is 1.18. The van der Waals surface area contributed by atoms with Gasteiger partial charge in [0.1, 0.15) is 23.9 Å². The van der Waals surface area contributed by atoms with Crippen LogP contribution in [0.25, 0.3) is 0 Å². The van der Waals surface area contributed by atoms with Crippen LogP contribution < -0.4 is 21.7 Å². The molecule has 0 fully saturated rings. The van der Waals surface area contributed by atoms with E-state index in [0.717, 1.165) is 0 Å². The number of amides is 3. The van der Waals surface area contributed by atoms with Crippen molar-refractivity contribution in [2.45, 2.75) is 63.7 Å². The highest BCUT2D eigenvalue weighted by atomic mass is 32.2. The second kappa shape index (κ2) is 15.7. The first kappa shape index (κ1) is 31.7. The molecule has 0 spiro atoms. The Balaban J connectivity index is 3.04. The van der Waals surface area contributed by atoms with Crippen molar-refractivity contribution in [3.05, 3.63) is 29.8 Å². The van der Waals surface area contributed by atoms with Gasteiger partial charge in [0.2, 0.25) is 17.7 Å². The molecular formula is C24H36N4O8S. The van der Waals surface area contributed by atoms with E-state index < -0.39 is 60.2 Å². The molecule has 1 aromatic carbocycles. The van der Waals surface area contributed by atoms with Crippen LogP contribution >= 0.6 is 11.8 Å². The molecule has 206 valence electrons. The highest BCUT2D eigenvalue weighted by Crippen LogP contribution is 2.12. The molecule has 4 unspecified atom stereocenters. The molecule has 0 aliphatic heterocycles. The monoisotopic (exact) mass is 540 g/mol. The van der Waals surface area contributed by atoms with Gasteiger partial charge in [-0.05, 0) is 48.5 Å². The van der Waals surface area contributed by atoms with Crippen molar-refractivity contribution in [3.63, 3.8) is 0 Å². The zero-order chi connectivity index (χ0) is 28.1. The number of carboxylic acids is 2. The number of hydrogen-bond acceptors (Lipinski definition) is 8. The lowest BCUT2D eigenvalue weighted by atomic mass is 10.0. The fourth-order valence-electron chi connectivity index (χ4n) is 3.22. The molecule has 0 heterocycles. The van der Waals surface area contributed by atoms with E-state index in [1.165, 1.54) is 36.0 Å². The smallest absolute Gasteiger partial charge is 0.326 e. The van der Waals surface area contributed by atoms with E-state index in [1.807, 2.05) is 6.26 Å². The molecular weight excluding hydrogens is 504 g/mol. The van der Waals surface area contributed by atoms with Gasteiger partial charge in [0.15, 0.2) is 0 Å². The molecule has 0 aliphatic carbocycles. The zero-order valence-corrected chi connectivity index (χ0v) is 21.9. The Kier molecular flexibility index (Phi) is 13.5. The topological polar surface area (TPSA) is 208 Å². The number of aromatic hydroxyl groups is 1. The SMILES string of the molecule is CSCCC(NC(=O)C(N)C(C)C)C(=O)NC(CCC(=O)O)C(=O)NC(Cc1ccc(O)cc1)C(=O)O. The van der Waals surface area contributed by atoms with Crippen LogP contribution in [-0.4, -0.2) is 81.2 Å². The molecule has 0 radical (unpaired) electrons. The average molecular weight is 541 g/mol. The molecule has 1 aromatic rings. The minimum atomic E-state index is -1.38. The average Bonchev–Trinajstić information content (AvgIpc) is 2.83. The lowest BCUT2D eigenvalue weighted by molar-refractivity contribution is -0.143. The first-order valence-corrected chi connectivity index (χ1v) is 13.1. The minimum absolute atomic E-state index is 0.00595. The maximum absolute atomic E-state index is 13.0. The predicted octanol–water partition coefficient (Wildman–Crippen LogP) is 0.0749. The minimum Gasteiger partial charge on any atom is -0.508 e. The lowest BCUT2D eigenvalue weighted by Crippen LogP contribution is -2.57. The Morgan fingerprint density at radius 3 is 1.86 bits per heavy atom. The third-order valence-corrected chi connectivity index (χ3v) is 6.18. The van der Waals surface area contributed by atoms with Gasteiger partial charge in [-0.3, -0.25) is 19.2 Å². The Morgan fingerprint density at radius 1 is 0.865 bits per heavy atom. The van der Waals surface area contributed by atoms with Crippen LogP contribution in [0.4, 0.5) is 0 Å². The number of aliphatic carboxylic acids is 2. The second-order valence-electron chi connectivity index (χ2n) is 8.88. The van der Waals surface area contributed by atoms with Crippen LogP contribution in [0.5, 0.6) is 5.75 Å². The standard InChI is InChI=1S/C24H36N4O8S/c1-13(2)20(25)23(34)27-17(10-11-37-3)22(33)26-16(8-9-19(30)31)21(32)28-18(24(35)36)12-14-4-6-15(29)7-5-14/h4-7,13,16-18,20,29H,8-12,25H2,1-3H3,(H,26,33)(H,27,34)(H,28,32)(H,30,31)(H,35,36). The molecule has 8 N–H and O–H groups in total. The van der Waals surface area contributed by atoms with Crippen molar-refractivity contribution in [3.8, 4) is 5.75 Å². The number of thioether (sulfide) groups is 1. The van der Waals surface area contributed by atoms with Gasteiger partial charge in [-0.15, -0.1) is 0 Å². The lowest BCUT2D eigenvalue weighted by Gasteiger charge is -2.25. The number of carboxylic acid groups (broad SMARTS) is 2. The van der Waals surface area contributed by atoms with Gasteiger partial charge in [0.05, 0.1) is 6.04 Å². The van der Waals surface area contributed by atoms with Gasteiger partial charge in [0, 0.05) is 12.8 Å². The molecule has 1 rings (SSSR count). The molecule has 0 aromatic heterocycles. The summed E-state index contributed by atoms with van der Waals surface area (Å²) in [6.45, 7) is 3.51. The summed E-state index contributed by atoms with van der Waals surface area (Å²) < 4.78 is 0. The number of phenolic OH excluding ortho intramolecular Hbond substituents is 1. The fraction of sp³-hybridized carbons (Fsp3) is 0.542. The van der Waals surface area contributed by atoms with Gasteiger partial charge >= 0.3 is 11.9 Å². The third-order valence-electron chi connectivity index (χ3n) is 5.54. The molecule has 0 saturated carbocycles. The Hall–Kier alpha value is -3.32. The number of benzene rings is 1. The van der Waals surface area contributed by atoms with Crippen LogP contribution in [0.15, 0.2) is 24.3 Å². The molecule has 13 heteroatoms. The van der Waals surface area contributed by atoms with Gasteiger partial charge < -0.3 is 37.0 Å². The first-order chi connectivity index (χ1) is 17.3. The summed E-state index contributed by atoms with van der Waals surface area (Å²) >= 11 is 1.44. The van der Waals surface area contributed by atoms with Crippen molar-refractivity contribution in [2.75, 3.05) is 12.0 Å². The molecule has 0 bridgehead atoms. The Labute approximate surface area is 219 Å². The van der Waals surface area contributed by atoms with Crippen LogP contribution in [0.3, 0.4) is 0 Å². The van der Waals surface area contributed by atoms with Crippen molar-refractivity contribution in [2.24, 2.45) is 11.7 Å². The van der Waals surface area contributed by atoms with Crippen LogP contribution in [0.1, 0.15) is 38.7 Å². The Bertz CT molecular complexity index is 941. The number of rotatable bonds is 16. The van der Waals surface area contributed by atoms with Crippen LogP contribution in [-0.2, 0) is 30.4 Å². The van der Waals surface area contributed by atoms with E-state index in [9.17, 15) is 34.2 Å². The second-order valence-corrected chi connectivity index (χ2v) is 9.86. The molecule has 37 heavy (non-hydrogen) atoms. The largest absolute Gasteiger partial charge is 0.508 e. The van der Waals surface area contributed by atoms with E-state index in [-0.39, 0.29) is 30.9 Å². The maximum Gasteiger partial charge on any atom is 0.326 e. The summed E-state index contributed by atoms with van der Waals surface area (Å²) in [5.74, 6) is -4.35. The molecule has 4 atom stereocenters. The van der Waals surface area contributed by atoms with Crippen molar-refractivity contribution < 1.29 is 39.3 Å². The summed E-state index contributed by atoms with van der Waals surface area (Å²) in [5.41, 5.74) is 6.40. The molecule has 3 amide bonds. The summed E-state index contributed by atoms with van der Waals surface area (Å²) in [5, 5.41) is 35.5. The Morgan fingerprint density at radius 2 is 1.38 bits per heavy atom. The summed E-state index contributed by atoms with van der Waals surface area (Å²) in [6, 6.07) is 1.13. The number of carbonyl (C=O) groups is 5. The molecule has 12 nitrogen and oxygen atoms in total. The van der Waals surface area contributed by atoms with Crippen molar-refractivity contribution in [1.82, 2.24) is 16.0 Å². The predicted molar refractivity (Wildman–Crippen MR) is 138 cm³/mol. The summed E-state index contributed by atoms with van der Waals surface area (Å²) in [4.78, 5) is 61.4. The van der Waals surface area contributed by atoms with E-state index in [1.54, 1.807) is 13.8 Å². The maximum atomic E-state index is 13.0. The van der Waals surface area contributed by atoms with Gasteiger partial charge in [-0.1, -0.05) is 26.0 Å². The number of nitrogens with one attached hydrogen (secondary N) is 3. The van der Waals surface area contributed by atoms with E-state index >= 15 is 0 Å². The van der Waals surface area contributed by atoms with E-state index in [2.05, 4.69) is 16.0 Å². The third kappa shape index (κ3) is 11.5. The first-order valence-electron chi connectivity index (χ1n) is 11.7.